The maximum Gasteiger partial charge on any atom is 0.166 e. The van der Waals surface area contributed by atoms with E-state index in [1.165, 1.54) is 0 Å². The molecule has 8 nitrogen and oxygen atoms in total. The number of hydrogen-bond donors (Lipinski definition) is 4. The molecule has 10 heteroatoms. The lowest BCUT2D eigenvalue weighted by Gasteiger charge is -2.12. The first-order valence-electron chi connectivity index (χ1n) is 10.1. The maximum absolute atomic E-state index is 5.54. The summed E-state index contributed by atoms with van der Waals surface area (Å²) in [6, 6.07) is 0. The average molecular weight is 437 g/mol. The Morgan fingerprint density at radius 2 is 0.679 bits per heavy atom. The Hall–Kier alpha value is -0.780. The second-order valence-corrected chi connectivity index (χ2v) is 7.05. The van der Waals surface area contributed by atoms with E-state index in [-0.39, 0.29) is 0 Å². The standard InChI is InChI=1S/C18H36N4O4S2/c27-17-19-5-1-9-23-13-14-24-10-3-7-21-18(28)22-8-4-12-26-16-15-25-11-2-6-20-17/h1-16H2,(H2,19,20,27)(H2,21,22,28). The van der Waals surface area contributed by atoms with Crippen molar-refractivity contribution in [3.05, 3.63) is 0 Å². The zero-order chi connectivity index (χ0) is 20.1. The minimum Gasteiger partial charge on any atom is -0.379 e. The summed E-state index contributed by atoms with van der Waals surface area (Å²) in [6.07, 6.45) is 3.61. The molecule has 0 bridgehead atoms. The number of rotatable bonds is 0. The minimum atomic E-state index is 0.609. The van der Waals surface area contributed by atoms with Crippen LogP contribution in [0.4, 0.5) is 0 Å². The topological polar surface area (TPSA) is 85.0 Å². The van der Waals surface area contributed by atoms with Gasteiger partial charge < -0.3 is 40.2 Å². The van der Waals surface area contributed by atoms with E-state index in [1.54, 1.807) is 0 Å². The molecule has 0 saturated carbocycles. The summed E-state index contributed by atoms with van der Waals surface area (Å²) in [7, 11) is 0. The normalized spacial score (nSPS) is 22.1. The van der Waals surface area contributed by atoms with Crippen LogP contribution in [0.1, 0.15) is 25.7 Å². The Morgan fingerprint density at radius 3 is 0.929 bits per heavy atom. The van der Waals surface area contributed by atoms with Gasteiger partial charge in [-0.2, -0.15) is 0 Å². The van der Waals surface area contributed by atoms with E-state index < -0.39 is 0 Å². The van der Waals surface area contributed by atoms with Gasteiger partial charge in [0.2, 0.25) is 0 Å². The lowest BCUT2D eigenvalue weighted by atomic mass is 10.4. The predicted molar refractivity (Wildman–Crippen MR) is 119 cm³/mol. The van der Waals surface area contributed by atoms with Crippen LogP contribution >= 0.6 is 24.4 Å². The highest BCUT2D eigenvalue weighted by molar-refractivity contribution is 7.80. The van der Waals surface area contributed by atoms with Crippen molar-refractivity contribution >= 4 is 34.7 Å². The Labute approximate surface area is 179 Å². The van der Waals surface area contributed by atoms with Gasteiger partial charge in [0.15, 0.2) is 10.2 Å². The molecule has 0 aromatic rings. The quantitative estimate of drug-likeness (QED) is 0.404. The molecule has 1 heterocycles. The SMILES string of the molecule is S=C1NCCCOCCOCCCNC(=S)NCCCOCCOCCCN1. The molecule has 164 valence electrons. The number of nitrogens with one attached hydrogen (secondary N) is 4. The fourth-order valence-electron chi connectivity index (χ4n) is 2.27. The highest BCUT2D eigenvalue weighted by Crippen LogP contribution is 1.88. The van der Waals surface area contributed by atoms with Crippen molar-refractivity contribution in [2.75, 3.05) is 79.0 Å². The van der Waals surface area contributed by atoms with E-state index >= 15 is 0 Å². The largest absolute Gasteiger partial charge is 0.379 e. The summed E-state index contributed by atoms with van der Waals surface area (Å²) < 4.78 is 22.2. The number of thiocarbonyl (C=S) groups is 2. The molecule has 0 spiro atoms. The van der Waals surface area contributed by atoms with Crippen molar-refractivity contribution in [1.82, 2.24) is 21.3 Å². The van der Waals surface area contributed by atoms with Gasteiger partial charge in [-0.1, -0.05) is 0 Å². The molecule has 1 fully saturated rings. The number of hydrogen-bond acceptors (Lipinski definition) is 6. The van der Waals surface area contributed by atoms with Crippen LogP contribution in [0.25, 0.3) is 0 Å². The molecule has 0 aliphatic carbocycles. The van der Waals surface area contributed by atoms with Crippen LogP contribution in [0.5, 0.6) is 0 Å². The first-order valence-corrected chi connectivity index (χ1v) is 10.9. The highest BCUT2D eigenvalue weighted by atomic mass is 32.1. The molecule has 0 amide bonds. The van der Waals surface area contributed by atoms with Crippen molar-refractivity contribution in [3.63, 3.8) is 0 Å². The van der Waals surface area contributed by atoms with E-state index in [2.05, 4.69) is 21.3 Å². The zero-order valence-corrected chi connectivity index (χ0v) is 18.4. The molecule has 0 aromatic carbocycles. The zero-order valence-electron chi connectivity index (χ0n) is 16.8. The van der Waals surface area contributed by atoms with E-state index in [0.29, 0.717) is 63.1 Å². The van der Waals surface area contributed by atoms with Crippen molar-refractivity contribution in [3.8, 4) is 0 Å². The molecule has 0 aromatic heterocycles. The first kappa shape index (κ1) is 25.3. The van der Waals surface area contributed by atoms with Crippen molar-refractivity contribution in [1.29, 1.82) is 0 Å². The Balaban J connectivity index is 2.14. The Bertz CT molecular complexity index is 338. The van der Waals surface area contributed by atoms with Crippen LogP contribution in [0.2, 0.25) is 0 Å². The third-order valence-corrected chi connectivity index (χ3v) is 4.33. The third kappa shape index (κ3) is 17.3. The monoisotopic (exact) mass is 436 g/mol. The highest BCUT2D eigenvalue weighted by Gasteiger charge is 1.98. The summed E-state index contributed by atoms with van der Waals surface area (Å²) >= 11 is 10.5. The van der Waals surface area contributed by atoms with E-state index in [4.69, 9.17) is 43.4 Å². The predicted octanol–water partition coefficient (Wildman–Crippen LogP) is 0.555. The molecule has 1 rings (SSSR count). The Morgan fingerprint density at radius 1 is 0.429 bits per heavy atom. The van der Waals surface area contributed by atoms with Gasteiger partial charge in [0, 0.05) is 52.6 Å². The van der Waals surface area contributed by atoms with Gasteiger partial charge in [-0.3, -0.25) is 0 Å². The average Bonchev–Trinajstić information content (AvgIpc) is 2.69. The van der Waals surface area contributed by atoms with Gasteiger partial charge in [-0.15, -0.1) is 0 Å². The first-order chi connectivity index (χ1) is 13.8. The van der Waals surface area contributed by atoms with Crippen molar-refractivity contribution < 1.29 is 18.9 Å². The van der Waals surface area contributed by atoms with Gasteiger partial charge >= 0.3 is 0 Å². The number of ether oxygens (including phenoxy) is 4. The molecule has 4 N–H and O–H groups in total. The Kier molecular flexibility index (Phi) is 17.6. The molecule has 1 saturated heterocycles. The second-order valence-electron chi connectivity index (χ2n) is 6.23. The van der Waals surface area contributed by atoms with Crippen molar-refractivity contribution in [2.24, 2.45) is 0 Å². The minimum absolute atomic E-state index is 0.609. The molecule has 0 unspecified atom stereocenters. The van der Waals surface area contributed by atoms with E-state index in [1.807, 2.05) is 0 Å². The molecule has 1 aliphatic rings. The molecular weight excluding hydrogens is 400 g/mol. The summed E-state index contributed by atoms with van der Waals surface area (Å²) in [6.45, 7) is 8.37. The molecule has 28 heavy (non-hydrogen) atoms. The van der Waals surface area contributed by atoms with Gasteiger partial charge in [0.05, 0.1) is 26.4 Å². The fraction of sp³-hybridized carbons (Fsp3) is 0.889. The molecule has 0 atom stereocenters. The molecule has 0 radical (unpaired) electrons. The summed E-state index contributed by atoms with van der Waals surface area (Å²) in [4.78, 5) is 0. The van der Waals surface area contributed by atoms with Crippen LogP contribution in [0.3, 0.4) is 0 Å². The molecular formula is C18H36N4O4S2. The second kappa shape index (κ2) is 19.5. The maximum atomic E-state index is 5.54. The van der Waals surface area contributed by atoms with Crippen LogP contribution in [-0.2, 0) is 18.9 Å². The summed E-state index contributed by atoms with van der Waals surface area (Å²) in [5.41, 5.74) is 0. The van der Waals surface area contributed by atoms with Crippen LogP contribution in [-0.4, -0.2) is 89.3 Å². The van der Waals surface area contributed by atoms with Gasteiger partial charge in [0.25, 0.3) is 0 Å². The van der Waals surface area contributed by atoms with Gasteiger partial charge in [-0.25, -0.2) is 0 Å². The van der Waals surface area contributed by atoms with Crippen LogP contribution in [0.15, 0.2) is 0 Å². The molecule has 1 aliphatic heterocycles. The van der Waals surface area contributed by atoms with Gasteiger partial charge in [0.1, 0.15) is 0 Å². The third-order valence-electron chi connectivity index (χ3n) is 3.75. The summed E-state index contributed by atoms with van der Waals surface area (Å²) in [5, 5.41) is 14.0. The van der Waals surface area contributed by atoms with Crippen LogP contribution in [0, 0.1) is 0 Å². The lowest BCUT2D eigenvalue weighted by molar-refractivity contribution is 0.0463. The van der Waals surface area contributed by atoms with Gasteiger partial charge in [-0.05, 0) is 50.1 Å². The van der Waals surface area contributed by atoms with Crippen molar-refractivity contribution in [2.45, 2.75) is 25.7 Å². The van der Waals surface area contributed by atoms with E-state index in [0.717, 1.165) is 51.9 Å². The summed E-state index contributed by atoms with van der Waals surface area (Å²) in [5.74, 6) is 0. The van der Waals surface area contributed by atoms with Crippen LogP contribution < -0.4 is 21.3 Å². The van der Waals surface area contributed by atoms with E-state index in [9.17, 15) is 0 Å². The smallest absolute Gasteiger partial charge is 0.166 e. The lowest BCUT2D eigenvalue weighted by Crippen LogP contribution is -2.37. The fourth-order valence-corrected chi connectivity index (χ4v) is 2.68.